The summed E-state index contributed by atoms with van der Waals surface area (Å²) >= 11 is 0. The number of benzene rings is 1. The molecule has 1 heterocycles. The molecule has 0 aliphatic carbocycles. The number of hydrogen-bond donors (Lipinski definition) is 2. The second kappa shape index (κ2) is 6.01. The molecule has 7 heteroatoms. The number of carbonyl (C=O) groups excluding carboxylic acids is 1. The largest absolute Gasteiger partial charge is 0.325 e. The fourth-order valence-corrected chi connectivity index (χ4v) is 1.76. The molecule has 0 unspecified atom stereocenters. The normalized spacial score (nSPS) is 11.4. The zero-order chi connectivity index (χ0) is 15.5. The van der Waals surface area contributed by atoms with Crippen LogP contribution in [0.3, 0.4) is 0 Å². The molecule has 7 nitrogen and oxygen atoms in total. The molecule has 0 aliphatic heterocycles. The summed E-state index contributed by atoms with van der Waals surface area (Å²) in [5.74, 6) is -0.0866. The number of nitrogens with zero attached hydrogens (tertiary/aromatic N) is 4. The molecular weight excluding hydrogens is 268 g/mol. The second-order valence-electron chi connectivity index (χ2n) is 5.91. The number of aryl methyl sites for hydroxylation is 1. The fourth-order valence-electron chi connectivity index (χ4n) is 1.76. The summed E-state index contributed by atoms with van der Waals surface area (Å²) in [7, 11) is 0. The molecule has 0 atom stereocenters. The van der Waals surface area contributed by atoms with Crippen LogP contribution in [0.25, 0.3) is 5.69 Å². The number of anilines is 1. The average molecular weight is 288 g/mol. The van der Waals surface area contributed by atoms with Gasteiger partial charge in [0.1, 0.15) is 6.33 Å². The van der Waals surface area contributed by atoms with Gasteiger partial charge in [0.25, 0.3) is 0 Å². The lowest BCUT2D eigenvalue weighted by molar-refractivity contribution is -0.115. The Balaban J connectivity index is 2.08. The maximum Gasteiger partial charge on any atom is 0.238 e. The first-order valence-electron chi connectivity index (χ1n) is 6.74. The summed E-state index contributed by atoms with van der Waals surface area (Å²) in [5, 5.41) is 17.1. The molecule has 1 aromatic heterocycles. The van der Waals surface area contributed by atoms with Crippen molar-refractivity contribution in [2.24, 2.45) is 0 Å². The number of nitrogens with one attached hydrogen (secondary N) is 2. The molecule has 0 saturated carbocycles. The molecule has 0 spiro atoms. The second-order valence-corrected chi connectivity index (χ2v) is 5.91. The van der Waals surface area contributed by atoms with Crippen molar-refractivity contribution in [1.82, 2.24) is 25.5 Å². The molecule has 0 fully saturated rings. The van der Waals surface area contributed by atoms with Gasteiger partial charge in [-0.25, -0.2) is 4.68 Å². The lowest BCUT2D eigenvalue weighted by Crippen LogP contribution is -2.41. The minimum Gasteiger partial charge on any atom is -0.325 e. The zero-order valence-corrected chi connectivity index (χ0v) is 12.7. The highest BCUT2D eigenvalue weighted by Gasteiger charge is 2.12. The summed E-state index contributed by atoms with van der Waals surface area (Å²) in [6.07, 6.45) is 1.52. The van der Waals surface area contributed by atoms with Crippen molar-refractivity contribution in [2.75, 3.05) is 11.9 Å². The Kier molecular flexibility index (Phi) is 4.32. The predicted molar refractivity (Wildman–Crippen MR) is 80.3 cm³/mol. The van der Waals surface area contributed by atoms with E-state index in [1.54, 1.807) is 4.68 Å². The smallest absolute Gasteiger partial charge is 0.238 e. The highest BCUT2D eigenvalue weighted by atomic mass is 16.1. The first-order valence-corrected chi connectivity index (χ1v) is 6.74. The Labute approximate surface area is 123 Å². The van der Waals surface area contributed by atoms with Crippen molar-refractivity contribution in [3.05, 3.63) is 30.1 Å². The lowest BCUT2D eigenvalue weighted by Gasteiger charge is -2.20. The van der Waals surface area contributed by atoms with Crippen molar-refractivity contribution in [2.45, 2.75) is 33.2 Å². The van der Waals surface area contributed by atoms with E-state index in [-0.39, 0.29) is 18.0 Å². The van der Waals surface area contributed by atoms with E-state index >= 15 is 0 Å². The SMILES string of the molecule is Cc1ccc(NC(=O)CNC(C)(C)C)cc1-n1cnnn1. The summed E-state index contributed by atoms with van der Waals surface area (Å²) < 4.78 is 1.57. The Morgan fingerprint density at radius 2 is 2.10 bits per heavy atom. The van der Waals surface area contributed by atoms with E-state index in [1.165, 1.54) is 6.33 Å². The maximum absolute atomic E-state index is 11.9. The first-order chi connectivity index (χ1) is 9.85. The van der Waals surface area contributed by atoms with Crippen LogP contribution in [-0.2, 0) is 4.79 Å². The van der Waals surface area contributed by atoms with Gasteiger partial charge in [-0.2, -0.15) is 0 Å². The van der Waals surface area contributed by atoms with Crippen LogP contribution in [0.1, 0.15) is 26.3 Å². The molecule has 0 radical (unpaired) electrons. The summed E-state index contributed by atoms with van der Waals surface area (Å²) in [6.45, 7) is 8.27. The van der Waals surface area contributed by atoms with Gasteiger partial charge in [-0.1, -0.05) is 6.07 Å². The lowest BCUT2D eigenvalue weighted by atomic mass is 10.1. The van der Waals surface area contributed by atoms with Gasteiger partial charge in [0.2, 0.25) is 5.91 Å². The molecule has 2 N–H and O–H groups in total. The Morgan fingerprint density at radius 3 is 2.71 bits per heavy atom. The Hall–Kier alpha value is -2.28. The fraction of sp³-hybridized carbons (Fsp3) is 0.429. The highest BCUT2D eigenvalue weighted by molar-refractivity contribution is 5.92. The van der Waals surface area contributed by atoms with E-state index < -0.39 is 0 Å². The van der Waals surface area contributed by atoms with Crippen LogP contribution in [0, 0.1) is 6.92 Å². The van der Waals surface area contributed by atoms with Crippen LogP contribution < -0.4 is 10.6 Å². The Bertz CT molecular complexity index is 615. The van der Waals surface area contributed by atoms with Crippen molar-refractivity contribution >= 4 is 11.6 Å². The number of amides is 1. The quantitative estimate of drug-likeness (QED) is 0.885. The van der Waals surface area contributed by atoms with Crippen molar-refractivity contribution in [1.29, 1.82) is 0 Å². The van der Waals surface area contributed by atoms with Gasteiger partial charge in [0.05, 0.1) is 12.2 Å². The van der Waals surface area contributed by atoms with Crippen LogP contribution in [0.4, 0.5) is 5.69 Å². The van der Waals surface area contributed by atoms with Crippen LogP contribution in [-0.4, -0.2) is 38.2 Å². The van der Waals surface area contributed by atoms with Crippen LogP contribution in [0.15, 0.2) is 24.5 Å². The van der Waals surface area contributed by atoms with E-state index in [1.807, 2.05) is 45.9 Å². The third-order valence-corrected chi connectivity index (χ3v) is 2.87. The van der Waals surface area contributed by atoms with Gasteiger partial charge in [-0.15, -0.1) is 5.10 Å². The molecule has 1 amide bonds. The topological polar surface area (TPSA) is 84.7 Å². The minimum atomic E-state index is -0.0951. The first kappa shape index (κ1) is 15.1. The summed E-state index contributed by atoms with van der Waals surface area (Å²) in [6, 6.07) is 5.63. The van der Waals surface area contributed by atoms with Crippen LogP contribution >= 0.6 is 0 Å². The zero-order valence-electron chi connectivity index (χ0n) is 12.7. The van der Waals surface area contributed by atoms with Gasteiger partial charge in [-0.05, 0) is 55.8 Å². The van der Waals surface area contributed by atoms with E-state index in [0.29, 0.717) is 5.69 Å². The summed E-state index contributed by atoms with van der Waals surface area (Å²) in [5.41, 5.74) is 2.48. The van der Waals surface area contributed by atoms with Crippen molar-refractivity contribution in [3.8, 4) is 5.69 Å². The van der Waals surface area contributed by atoms with E-state index in [9.17, 15) is 4.79 Å². The molecule has 0 saturated heterocycles. The highest BCUT2D eigenvalue weighted by Crippen LogP contribution is 2.18. The molecule has 21 heavy (non-hydrogen) atoms. The Morgan fingerprint density at radius 1 is 1.33 bits per heavy atom. The molecule has 112 valence electrons. The number of tetrazole rings is 1. The number of hydrogen-bond acceptors (Lipinski definition) is 5. The summed E-state index contributed by atoms with van der Waals surface area (Å²) in [4.78, 5) is 11.9. The molecule has 1 aromatic carbocycles. The molecule has 2 aromatic rings. The van der Waals surface area contributed by atoms with Crippen molar-refractivity contribution in [3.63, 3.8) is 0 Å². The standard InChI is InChI=1S/C14H20N6O/c1-10-5-6-11(7-12(10)20-9-16-18-19-20)17-13(21)8-15-14(2,3)4/h5-7,9,15H,8H2,1-4H3,(H,17,21). The monoisotopic (exact) mass is 288 g/mol. The van der Waals surface area contributed by atoms with E-state index in [2.05, 4.69) is 26.2 Å². The van der Waals surface area contributed by atoms with Gasteiger partial charge < -0.3 is 10.6 Å². The minimum absolute atomic E-state index is 0.0866. The average Bonchev–Trinajstić information content (AvgIpc) is 2.92. The maximum atomic E-state index is 11.9. The van der Waals surface area contributed by atoms with Gasteiger partial charge in [-0.3, -0.25) is 4.79 Å². The van der Waals surface area contributed by atoms with Gasteiger partial charge in [0.15, 0.2) is 0 Å². The van der Waals surface area contributed by atoms with Gasteiger partial charge in [0, 0.05) is 11.2 Å². The number of rotatable bonds is 4. The van der Waals surface area contributed by atoms with E-state index in [4.69, 9.17) is 0 Å². The molecule has 0 bridgehead atoms. The third kappa shape index (κ3) is 4.35. The number of aromatic nitrogens is 4. The molecule has 2 rings (SSSR count). The van der Waals surface area contributed by atoms with Crippen LogP contribution in [0.5, 0.6) is 0 Å². The van der Waals surface area contributed by atoms with Crippen molar-refractivity contribution < 1.29 is 4.79 Å². The van der Waals surface area contributed by atoms with Crippen LogP contribution in [0.2, 0.25) is 0 Å². The predicted octanol–water partition coefficient (Wildman–Crippen LogP) is 1.30. The number of carbonyl (C=O) groups is 1. The molecular formula is C14H20N6O. The van der Waals surface area contributed by atoms with E-state index in [0.717, 1.165) is 11.3 Å². The third-order valence-electron chi connectivity index (χ3n) is 2.87. The molecule has 0 aliphatic rings. The van der Waals surface area contributed by atoms with Gasteiger partial charge >= 0.3 is 0 Å².